The van der Waals surface area contributed by atoms with Crippen LogP contribution in [0, 0.1) is 11.8 Å². The Bertz CT molecular complexity index is 636. The molecule has 0 aromatic heterocycles. The fourth-order valence-electron chi connectivity index (χ4n) is 4.64. The molecule has 1 saturated heterocycles. The van der Waals surface area contributed by atoms with Crippen molar-refractivity contribution in [2.45, 2.75) is 64.9 Å². The van der Waals surface area contributed by atoms with Crippen molar-refractivity contribution in [3.63, 3.8) is 0 Å². The summed E-state index contributed by atoms with van der Waals surface area (Å²) < 4.78 is 11.9. The summed E-state index contributed by atoms with van der Waals surface area (Å²) in [6, 6.07) is 7.71. The average Bonchev–Trinajstić information content (AvgIpc) is 2.71. The number of rotatable bonds is 8. The van der Waals surface area contributed by atoms with E-state index in [4.69, 9.17) is 9.47 Å². The maximum absolute atomic E-state index is 13.0. The minimum Gasteiger partial charge on any atom is -0.492 e. The first-order chi connectivity index (χ1) is 14.0. The van der Waals surface area contributed by atoms with Crippen molar-refractivity contribution in [2.24, 2.45) is 11.8 Å². The molecule has 1 aliphatic heterocycles. The molecular weight excluding hydrogens is 364 g/mol. The third-order valence-corrected chi connectivity index (χ3v) is 6.45. The van der Waals surface area contributed by atoms with Crippen LogP contribution in [0.25, 0.3) is 0 Å². The molecule has 5 nitrogen and oxygen atoms in total. The molecular formula is C24H38N2O3. The first-order valence-corrected chi connectivity index (χ1v) is 11.4. The molecule has 0 unspecified atom stereocenters. The number of hydrogen-bond acceptors (Lipinski definition) is 4. The molecule has 0 radical (unpaired) electrons. The molecule has 1 aromatic carbocycles. The fourth-order valence-corrected chi connectivity index (χ4v) is 4.64. The Labute approximate surface area is 176 Å². The van der Waals surface area contributed by atoms with Crippen molar-refractivity contribution in [1.82, 2.24) is 4.90 Å². The number of anilines is 1. The third-order valence-electron chi connectivity index (χ3n) is 6.45. The number of nitrogens with one attached hydrogen (secondary N) is 1. The van der Waals surface area contributed by atoms with E-state index in [0.29, 0.717) is 19.1 Å². The molecule has 0 spiro atoms. The van der Waals surface area contributed by atoms with Crippen molar-refractivity contribution in [3.05, 3.63) is 24.3 Å². The van der Waals surface area contributed by atoms with E-state index in [2.05, 4.69) is 24.1 Å². The van der Waals surface area contributed by atoms with E-state index in [1.54, 1.807) is 0 Å². The van der Waals surface area contributed by atoms with Crippen LogP contribution in [0.2, 0.25) is 0 Å². The van der Waals surface area contributed by atoms with E-state index in [-0.39, 0.29) is 5.91 Å². The van der Waals surface area contributed by atoms with Crippen LogP contribution in [-0.4, -0.2) is 49.3 Å². The average molecular weight is 403 g/mol. The van der Waals surface area contributed by atoms with E-state index in [0.717, 1.165) is 43.2 Å². The standard InChI is InChI=1S/C24H38N2O3/c1-4-29-24(13-5-6-20(3)18-24)23(27)25-21-7-9-22(10-8-21)28-17-16-26-14-11-19(2)12-15-26/h7-10,19-20H,4-6,11-18H2,1-3H3,(H,25,27)/t20-,24-/m1/s1. The largest absolute Gasteiger partial charge is 0.492 e. The Morgan fingerprint density at radius 2 is 1.86 bits per heavy atom. The lowest BCUT2D eigenvalue weighted by Crippen LogP contribution is -2.48. The molecule has 1 amide bonds. The van der Waals surface area contributed by atoms with Crippen LogP contribution in [0.15, 0.2) is 24.3 Å². The van der Waals surface area contributed by atoms with E-state index < -0.39 is 5.60 Å². The topological polar surface area (TPSA) is 50.8 Å². The second-order valence-corrected chi connectivity index (χ2v) is 8.98. The van der Waals surface area contributed by atoms with Gasteiger partial charge in [0.25, 0.3) is 5.91 Å². The molecule has 1 saturated carbocycles. The van der Waals surface area contributed by atoms with Gasteiger partial charge in [0.2, 0.25) is 0 Å². The summed E-state index contributed by atoms with van der Waals surface area (Å²) in [5.74, 6) is 2.20. The van der Waals surface area contributed by atoms with Gasteiger partial charge in [-0.25, -0.2) is 0 Å². The quantitative estimate of drug-likeness (QED) is 0.683. The molecule has 3 rings (SSSR count). The normalized spacial score (nSPS) is 26.2. The van der Waals surface area contributed by atoms with E-state index >= 15 is 0 Å². The summed E-state index contributed by atoms with van der Waals surface area (Å²) in [6.07, 6.45) is 6.38. The van der Waals surface area contributed by atoms with Crippen LogP contribution in [0.3, 0.4) is 0 Å². The SMILES string of the molecule is CCO[C@]1(C(=O)Nc2ccc(OCCN3CCC(C)CC3)cc2)CCC[C@@H](C)C1. The third kappa shape index (κ3) is 6.19. The number of piperidine rings is 1. The van der Waals surface area contributed by atoms with Crippen LogP contribution in [0.5, 0.6) is 5.75 Å². The van der Waals surface area contributed by atoms with Crippen molar-refractivity contribution >= 4 is 11.6 Å². The second-order valence-electron chi connectivity index (χ2n) is 8.98. The molecule has 29 heavy (non-hydrogen) atoms. The monoisotopic (exact) mass is 402 g/mol. The molecule has 162 valence electrons. The predicted molar refractivity (Wildman–Crippen MR) is 117 cm³/mol. The van der Waals surface area contributed by atoms with Gasteiger partial charge in [0.15, 0.2) is 0 Å². The predicted octanol–water partition coefficient (Wildman–Crippen LogP) is 4.72. The summed E-state index contributed by atoms with van der Waals surface area (Å²) >= 11 is 0. The summed E-state index contributed by atoms with van der Waals surface area (Å²) in [4.78, 5) is 15.5. The molecule has 2 fully saturated rings. The van der Waals surface area contributed by atoms with E-state index in [1.165, 1.54) is 32.4 Å². The second kappa shape index (κ2) is 10.4. The number of carbonyl (C=O) groups excluding carboxylic acids is 1. The van der Waals surface area contributed by atoms with E-state index in [1.807, 2.05) is 31.2 Å². The van der Waals surface area contributed by atoms with Gasteiger partial charge in [-0.15, -0.1) is 0 Å². The van der Waals surface area contributed by atoms with Crippen LogP contribution < -0.4 is 10.1 Å². The zero-order valence-electron chi connectivity index (χ0n) is 18.4. The number of nitrogens with zero attached hydrogens (tertiary/aromatic N) is 1. The maximum Gasteiger partial charge on any atom is 0.256 e. The first kappa shape index (κ1) is 22.1. The van der Waals surface area contributed by atoms with Gasteiger partial charge in [0, 0.05) is 18.8 Å². The summed E-state index contributed by atoms with van der Waals surface area (Å²) in [7, 11) is 0. The highest BCUT2D eigenvalue weighted by atomic mass is 16.5. The van der Waals surface area contributed by atoms with Crippen molar-refractivity contribution in [3.8, 4) is 5.75 Å². The van der Waals surface area contributed by atoms with Gasteiger partial charge >= 0.3 is 0 Å². The molecule has 2 atom stereocenters. The number of ether oxygens (including phenoxy) is 2. The van der Waals surface area contributed by atoms with Gasteiger partial charge in [0.05, 0.1) is 0 Å². The molecule has 1 N–H and O–H groups in total. The fraction of sp³-hybridized carbons (Fsp3) is 0.708. The van der Waals surface area contributed by atoms with Gasteiger partial charge in [-0.3, -0.25) is 9.69 Å². The minimum absolute atomic E-state index is 0.0149. The molecule has 2 aliphatic rings. The number of carbonyl (C=O) groups is 1. The highest BCUT2D eigenvalue weighted by molar-refractivity contribution is 5.97. The lowest BCUT2D eigenvalue weighted by molar-refractivity contribution is -0.147. The highest BCUT2D eigenvalue weighted by Gasteiger charge is 2.42. The van der Waals surface area contributed by atoms with Crippen molar-refractivity contribution in [1.29, 1.82) is 0 Å². The summed E-state index contributed by atoms with van der Waals surface area (Å²) in [5.41, 5.74) is 0.109. The van der Waals surface area contributed by atoms with Gasteiger partial charge in [-0.1, -0.05) is 20.3 Å². The van der Waals surface area contributed by atoms with Gasteiger partial charge < -0.3 is 14.8 Å². The zero-order valence-corrected chi connectivity index (χ0v) is 18.4. The maximum atomic E-state index is 13.0. The Morgan fingerprint density at radius 1 is 1.14 bits per heavy atom. The van der Waals surface area contributed by atoms with Gasteiger partial charge in [-0.2, -0.15) is 0 Å². The Kier molecular flexibility index (Phi) is 7.96. The van der Waals surface area contributed by atoms with Crippen molar-refractivity contribution < 1.29 is 14.3 Å². The number of likely N-dealkylation sites (tertiary alicyclic amines) is 1. The molecule has 0 bridgehead atoms. The molecule has 1 aliphatic carbocycles. The van der Waals surface area contributed by atoms with E-state index in [9.17, 15) is 4.79 Å². The molecule has 5 heteroatoms. The lowest BCUT2D eigenvalue weighted by Gasteiger charge is -2.38. The Morgan fingerprint density at radius 3 is 2.52 bits per heavy atom. The summed E-state index contributed by atoms with van der Waals surface area (Å²) in [6.45, 7) is 11.1. The summed E-state index contributed by atoms with van der Waals surface area (Å²) in [5, 5.41) is 3.07. The van der Waals surface area contributed by atoms with Gasteiger partial charge in [-0.05, 0) is 88.2 Å². The number of amides is 1. The lowest BCUT2D eigenvalue weighted by atomic mass is 9.78. The molecule has 1 heterocycles. The smallest absolute Gasteiger partial charge is 0.256 e. The Hall–Kier alpha value is -1.59. The van der Waals surface area contributed by atoms with Crippen LogP contribution >= 0.6 is 0 Å². The van der Waals surface area contributed by atoms with Crippen molar-refractivity contribution in [2.75, 3.05) is 38.2 Å². The zero-order chi connectivity index (χ0) is 20.7. The first-order valence-electron chi connectivity index (χ1n) is 11.4. The highest BCUT2D eigenvalue weighted by Crippen LogP contribution is 2.36. The van der Waals surface area contributed by atoms with Crippen LogP contribution in [0.4, 0.5) is 5.69 Å². The molecule has 1 aromatic rings. The van der Waals surface area contributed by atoms with Crippen LogP contribution in [-0.2, 0) is 9.53 Å². The van der Waals surface area contributed by atoms with Gasteiger partial charge in [0.1, 0.15) is 18.0 Å². The Balaban J connectivity index is 1.48. The number of hydrogen-bond donors (Lipinski definition) is 1. The number of benzene rings is 1. The van der Waals surface area contributed by atoms with Crippen LogP contribution in [0.1, 0.15) is 59.3 Å². The minimum atomic E-state index is -0.687.